The summed E-state index contributed by atoms with van der Waals surface area (Å²) in [7, 11) is 1.71. The van der Waals surface area contributed by atoms with Crippen LogP contribution in [0.4, 0.5) is 5.69 Å². The zero-order chi connectivity index (χ0) is 14.7. The fourth-order valence-electron chi connectivity index (χ4n) is 1.94. The lowest BCUT2D eigenvalue weighted by Crippen LogP contribution is -2.26. The molecule has 0 aromatic heterocycles. The van der Waals surface area contributed by atoms with E-state index in [2.05, 4.69) is 0 Å². The van der Waals surface area contributed by atoms with Crippen LogP contribution in [0.1, 0.15) is 33.2 Å². The zero-order valence-corrected chi connectivity index (χ0v) is 11.9. The Hall–Kier alpha value is -2.42. The van der Waals surface area contributed by atoms with Crippen LogP contribution in [-0.2, 0) is 0 Å². The van der Waals surface area contributed by atoms with E-state index in [0.29, 0.717) is 16.8 Å². The number of carbonyl (C=O) groups excluding carboxylic acids is 2. The summed E-state index contributed by atoms with van der Waals surface area (Å²) >= 11 is 0. The van der Waals surface area contributed by atoms with Crippen LogP contribution in [0.2, 0.25) is 0 Å². The van der Waals surface area contributed by atoms with E-state index in [0.717, 1.165) is 5.56 Å². The van der Waals surface area contributed by atoms with Crippen molar-refractivity contribution in [2.75, 3.05) is 11.9 Å². The fourth-order valence-corrected chi connectivity index (χ4v) is 1.94. The Morgan fingerprint density at radius 2 is 1.60 bits per heavy atom. The first kappa shape index (κ1) is 14.0. The Morgan fingerprint density at radius 3 is 2.20 bits per heavy atom. The highest BCUT2D eigenvalue weighted by molar-refractivity contribution is 6.06. The summed E-state index contributed by atoms with van der Waals surface area (Å²) in [6.07, 6.45) is 0. The van der Waals surface area contributed by atoms with Gasteiger partial charge in [0.15, 0.2) is 5.78 Å². The van der Waals surface area contributed by atoms with E-state index < -0.39 is 0 Å². The molecule has 0 bridgehead atoms. The Labute approximate surface area is 118 Å². The summed E-state index contributed by atoms with van der Waals surface area (Å²) in [5.41, 5.74) is 3.06. The lowest BCUT2D eigenvalue weighted by atomic mass is 10.1. The van der Waals surface area contributed by atoms with E-state index in [4.69, 9.17) is 0 Å². The second-order valence-electron chi connectivity index (χ2n) is 4.84. The van der Waals surface area contributed by atoms with Crippen LogP contribution < -0.4 is 4.90 Å². The first-order valence-corrected chi connectivity index (χ1v) is 6.45. The Morgan fingerprint density at radius 1 is 0.950 bits per heavy atom. The van der Waals surface area contributed by atoms with Crippen molar-refractivity contribution < 1.29 is 9.59 Å². The molecule has 0 radical (unpaired) electrons. The van der Waals surface area contributed by atoms with Crippen LogP contribution in [0.15, 0.2) is 48.5 Å². The largest absolute Gasteiger partial charge is 0.311 e. The van der Waals surface area contributed by atoms with E-state index in [1.54, 1.807) is 30.1 Å². The number of benzene rings is 2. The van der Waals surface area contributed by atoms with Crippen LogP contribution in [-0.4, -0.2) is 18.7 Å². The van der Waals surface area contributed by atoms with E-state index in [1.807, 2.05) is 37.3 Å². The molecule has 0 saturated heterocycles. The van der Waals surface area contributed by atoms with Gasteiger partial charge in [0.1, 0.15) is 0 Å². The van der Waals surface area contributed by atoms with Crippen molar-refractivity contribution in [3.63, 3.8) is 0 Å². The van der Waals surface area contributed by atoms with Crippen molar-refractivity contribution in [3.05, 3.63) is 65.2 Å². The number of rotatable bonds is 3. The van der Waals surface area contributed by atoms with Crippen molar-refractivity contribution in [2.45, 2.75) is 13.8 Å². The first-order valence-electron chi connectivity index (χ1n) is 6.45. The molecule has 0 atom stereocenters. The molecule has 3 nitrogen and oxygen atoms in total. The van der Waals surface area contributed by atoms with Crippen LogP contribution in [0, 0.1) is 6.92 Å². The maximum atomic E-state index is 12.4. The molecule has 2 aromatic carbocycles. The van der Waals surface area contributed by atoms with Crippen molar-refractivity contribution in [1.29, 1.82) is 0 Å². The SMILES string of the molecule is CC(=O)c1cccc(N(C)C(=O)c2ccc(C)cc2)c1. The molecule has 0 N–H and O–H groups in total. The maximum Gasteiger partial charge on any atom is 0.258 e. The molecule has 0 saturated carbocycles. The first-order chi connectivity index (χ1) is 9.49. The Bertz CT molecular complexity index is 644. The third kappa shape index (κ3) is 2.94. The van der Waals surface area contributed by atoms with Gasteiger partial charge < -0.3 is 4.90 Å². The van der Waals surface area contributed by atoms with Gasteiger partial charge in [-0.25, -0.2) is 0 Å². The highest BCUT2D eigenvalue weighted by Gasteiger charge is 2.14. The highest BCUT2D eigenvalue weighted by Crippen LogP contribution is 2.18. The van der Waals surface area contributed by atoms with Gasteiger partial charge in [-0.1, -0.05) is 29.8 Å². The van der Waals surface area contributed by atoms with Crippen molar-refractivity contribution in [1.82, 2.24) is 0 Å². The smallest absolute Gasteiger partial charge is 0.258 e. The summed E-state index contributed by atoms with van der Waals surface area (Å²) in [4.78, 5) is 25.3. The van der Waals surface area contributed by atoms with Gasteiger partial charge in [-0.2, -0.15) is 0 Å². The molecule has 1 amide bonds. The molecule has 3 heteroatoms. The summed E-state index contributed by atoms with van der Waals surface area (Å²) in [6.45, 7) is 3.50. The molecule has 0 aliphatic carbocycles. The van der Waals surface area contributed by atoms with Crippen LogP contribution in [0.3, 0.4) is 0 Å². The molecular formula is C17H17NO2. The molecule has 0 heterocycles. The number of ketones is 1. The van der Waals surface area contributed by atoms with Gasteiger partial charge in [-0.3, -0.25) is 9.59 Å². The molecule has 0 unspecified atom stereocenters. The predicted molar refractivity (Wildman–Crippen MR) is 80.4 cm³/mol. The normalized spacial score (nSPS) is 10.2. The third-order valence-electron chi connectivity index (χ3n) is 3.24. The summed E-state index contributed by atoms with van der Waals surface area (Å²) < 4.78 is 0. The molecule has 102 valence electrons. The van der Waals surface area contributed by atoms with Gasteiger partial charge in [-0.15, -0.1) is 0 Å². The molecule has 0 fully saturated rings. The van der Waals surface area contributed by atoms with Crippen molar-refractivity contribution in [2.24, 2.45) is 0 Å². The van der Waals surface area contributed by atoms with Crippen LogP contribution in [0.25, 0.3) is 0 Å². The third-order valence-corrected chi connectivity index (χ3v) is 3.24. The number of hydrogen-bond donors (Lipinski definition) is 0. The molecular weight excluding hydrogens is 250 g/mol. The number of carbonyl (C=O) groups is 2. The number of aryl methyl sites for hydroxylation is 1. The lowest BCUT2D eigenvalue weighted by Gasteiger charge is -2.18. The highest BCUT2D eigenvalue weighted by atomic mass is 16.2. The minimum Gasteiger partial charge on any atom is -0.311 e. The summed E-state index contributed by atoms with van der Waals surface area (Å²) in [5, 5.41) is 0. The quantitative estimate of drug-likeness (QED) is 0.798. The Kier molecular flexibility index (Phi) is 3.99. The van der Waals surface area contributed by atoms with E-state index in [9.17, 15) is 9.59 Å². The number of anilines is 1. The minimum atomic E-state index is -0.0919. The second kappa shape index (κ2) is 5.70. The molecule has 0 aliphatic rings. The van der Waals surface area contributed by atoms with Crippen LogP contribution in [0.5, 0.6) is 0 Å². The van der Waals surface area contributed by atoms with Gasteiger partial charge in [-0.05, 0) is 38.1 Å². The van der Waals surface area contributed by atoms with Gasteiger partial charge in [0.25, 0.3) is 5.91 Å². The molecule has 20 heavy (non-hydrogen) atoms. The molecule has 0 aliphatic heterocycles. The summed E-state index contributed by atoms with van der Waals surface area (Å²) in [6, 6.07) is 14.5. The van der Waals surface area contributed by atoms with Crippen LogP contribution >= 0.6 is 0 Å². The van der Waals surface area contributed by atoms with Gasteiger partial charge in [0.05, 0.1) is 0 Å². The Balaban J connectivity index is 2.28. The average Bonchev–Trinajstić information content (AvgIpc) is 2.46. The van der Waals surface area contributed by atoms with Gasteiger partial charge in [0.2, 0.25) is 0 Å². The van der Waals surface area contributed by atoms with Gasteiger partial charge in [0, 0.05) is 23.9 Å². The molecule has 2 rings (SSSR count). The zero-order valence-electron chi connectivity index (χ0n) is 11.9. The van der Waals surface area contributed by atoms with Crippen molar-refractivity contribution in [3.8, 4) is 0 Å². The average molecular weight is 267 g/mol. The molecule has 2 aromatic rings. The topological polar surface area (TPSA) is 37.4 Å². The number of Topliss-reactive ketones (excluding diaryl/α,β-unsaturated/α-hetero) is 1. The lowest BCUT2D eigenvalue weighted by molar-refractivity contribution is 0.0988. The summed E-state index contributed by atoms with van der Waals surface area (Å²) in [5.74, 6) is -0.103. The number of amides is 1. The predicted octanol–water partition coefficient (Wildman–Crippen LogP) is 3.47. The number of hydrogen-bond acceptors (Lipinski definition) is 2. The maximum absolute atomic E-state index is 12.4. The van der Waals surface area contributed by atoms with Gasteiger partial charge >= 0.3 is 0 Å². The second-order valence-corrected chi connectivity index (χ2v) is 4.84. The number of nitrogens with zero attached hydrogens (tertiary/aromatic N) is 1. The molecule has 0 spiro atoms. The van der Waals surface area contributed by atoms with E-state index in [-0.39, 0.29) is 11.7 Å². The van der Waals surface area contributed by atoms with Crippen molar-refractivity contribution >= 4 is 17.4 Å². The van der Waals surface area contributed by atoms with E-state index in [1.165, 1.54) is 6.92 Å². The minimum absolute atomic E-state index is 0.0111. The fraction of sp³-hybridized carbons (Fsp3) is 0.176. The van der Waals surface area contributed by atoms with E-state index >= 15 is 0 Å². The standard InChI is InChI=1S/C17H17NO2/c1-12-7-9-14(10-8-12)17(20)18(3)16-6-4-5-15(11-16)13(2)19/h4-11H,1-3H3. The monoisotopic (exact) mass is 267 g/mol.